The van der Waals surface area contributed by atoms with Crippen molar-refractivity contribution in [2.45, 2.75) is 32.2 Å². The fraction of sp³-hybridized carbons (Fsp3) is 0.900. The van der Waals surface area contributed by atoms with Crippen molar-refractivity contribution in [1.82, 2.24) is 10.2 Å². The molecule has 0 heterocycles. The van der Waals surface area contributed by atoms with Crippen molar-refractivity contribution in [2.24, 2.45) is 0 Å². The van der Waals surface area contributed by atoms with Gasteiger partial charge >= 0.3 is 5.97 Å². The normalized spacial score (nSPS) is 13.1. The summed E-state index contributed by atoms with van der Waals surface area (Å²) in [6.45, 7) is 3.68. The molecule has 0 aromatic rings. The minimum Gasteiger partial charge on any atom is -0.480 e. The SMILES string of the molecule is CCCCC(C(=O)O)N(C)CCNC. The number of carboxylic acids is 1. The van der Waals surface area contributed by atoms with Crippen molar-refractivity contribution < 1.29 is 9.90 Å². The van der Waals surface area contributed by atoms with E-state index in [-0.39, 0.29) is 6.04 Å². The Kier molecular flexibility index (Phi) is 7.42. The van der Waals surface area contributed by atoms with Gasteiger partial charge in [0.05, 0.1) is 0 Å². The highest BCUT2D eigenvalue weighted by atomic mass is 16.4. The minimum atomic E-state index is -0.711. The topological polar surface area (TPSA) is 52.6 Å². The molecule has 0 aliphatic rings. The Morgan fingerprint density at radius 2 is 2.21 bits per heavy atom. The number of aliphatic carboxylic acids is 1. The number of carboxylic acid groups (broad SMARTS) is 1. The first-order valence-electron chi connectivity index (χ1n) is 5.21. The molecule has 0 aromatic carbocycles. The molecule has 0 saturated carbocycles. The fourth-order valence-corrected chi connectivity index (χ4v) is 1.37. The maximum absolute atomic E-state index is 10.9. The molecule has 1 atom stereocenters. The first kappa shape index (κ1) is 13.4. The van der Waals surface area contributed by atoms with Crippen molar-refractivity contribution in [2.75, 3.05) is 27.2 Å². The third-order valence-corrected chi connectivity index (χ3v) is 2.36. The molecule has 4 nitrogen and oxygen atoms in total. The summed E-state index contributed by atoms with van der Waals surface area (Å²) in [6, 6.07) is -0.330. The van der Waals surface area contributed by atoms with Crippen molar-refractivity contribution in [3.63, 3.8) is 0 Å². The van der Waals surface area contributed by atoms with Crippen molar-refractivity contribution in [1.29, 1.82) is 0 Å². The van der Waals surface area contributed by atoms with E-state index in [1.54, 1.807) is 0 Å². The molecule has 84 valence electrons. The Labute approximate surface area is 86.3 Å². The summed E-state index contributed by atoms with van der Waals surface area (Å²) >= 11 is 0. The van der Waals surface area contributed by atoms with Gasteiger partial charge in [0.25, 0.3) is 0 Å². The van der Waals surface area contributed by atoms with Gasteiger partial charge < -0.3 is 10.4 Å². The van der Waals surface area contributed by atoms with Crippen molar-refractivity contribution in [3.05, 3.63) is 0 Å². The van der Waals surface area contributed by atoms with Gasteiger partial charge in [-0.05, 0) is 20.5 Å². The van der Waals surface area contributed by atoms with E-state index in [1.807, 2.05) is 19.0 Å². The Balaban J connectivity index is 3.97. The van der Waals surface area contributed by atoms with Crippen LogP contribution in [0.1, 0.15) is 26.2 Å². The van der Waals surface area contributed by atoms with Crippen LogP contribution in [0.25, 0.3) is 0 Å². The van der Waals surface area contributed by atoms with E-state index in [1.165, 1.54) is 0 Å². The second kappa shape index (κ2) is 7.76. The van der Waals surface area contributed by atoms with Gasteiger partial charge in [-0.2, -0.15) is 0 Å². The van der Waals surface area contributed by atoms with Crippen LogP contribution in [-0.4, -0.2) is 49.2 Å². The van der Waals surface area contributed by atoms with Gasteiger partial charge in [0.2, 0.25) is 0 Å². The Morgan fingerprint density at radius 1 is 1.57 bits per heavy atom. The number of hydrogen-bond acceptors (Lipinski definition) is 3. The molecule has 0 radical (unpaired) electrons. The summed E-state index contributed by atoms with van der Waals surface area (Å²) in [6.07, 6.45) is 2.76. The number of nitrogens with zero attached hydrogens (tertiary/aromatic N) is 1. The van der Waals surface area contributed by atoms with Crippen LogP contribution in [0.15, 0.2) is 0 Å². The highest BCUT2D eigenvalue weighted by Gasteiger charge is 2.20. The van der Waals surface area contributed by atoms with Gasteiger partial charge in [-0.15, -0.1) is 0 Å². The summed E-state index contributed by atoms with van der Waals surface area (Å²) < 4.78 is 0. The van der Waals surface area contributed by atoms with Crippen LogP contribution in [0.4, 0.5) is 0 Å². The molecular formula is C10H22N2O2. The Morgan fingerprint density at radius 3 is 2.64 bits per heavy atom. The number of likely N-dealkylation sites (N-methyl/N-ethyl adjacent to an activating group) is 2. The first-order valence-corrected chi connectivity index (χ1v) is 5.21. The van der Waals surface area contributed by atoms with Crippen LogP contribution in [0.5, 0.6) is 0 Å². The lowest BCUT2D eigenvalue weighted by atomic mass is 10.1. The van der Waals surface area contributed by atoms with Crippen LogP contribution in [0.3, 0.4) is 0 Å². The zero-order chi connectivity index (χ0) is 11.0. The van der Waals surface area contributed by atoms with Gasteiger partial charge in [0, 0.05) is 13.1 Å². The van der Waals surface area contributed by atoms with E-state index in [2.05, 4.69) is 12.2 Å². The smallest absolute Gasteiger partial charge is 0.320 e. The minimum absolute atomic E-state index is 0.330. The molecule has 0 aliphatic heterocycles. The Bertz CT molecular complexity index is 162. The van der Waals surface area contributed by atoms with Crippen LogP contribution in [0.2, 0.25) is 0 Å². The average Bonchev–Trinajstić information content (AvgIpc) is 2.14. The number of rotatable bonds is 8. The monoisotopic (exact) mass is 202 g/mol. The maximum Gasteiger partial charge on any atom is 0.320 e. The largest absolute Gasteiger partial charge is 0.480 e. The van der Waals surface area contributed by atoms with Crippen molar-refractivity contribution >= 4 is 5.97 Å². The van der Waals surface area contributed by atoms with Crippen LogP contribution < -0.4 is 5.32 Å². The number of hydrogen-bond donors (Lipinski definition) is 2. The van der Waals surface area contributed by atoms with E-state index < -0.39 is 5.97 Å². The number of nitrogens with one attached hydrogen (secondary N) is 1. The van der Waals surface area contributed by atoms with E-state index in [0.717, 1.165) is 32.4 Å². The average molecular weight is 202 g/mol. The second-order valence-electron chi connectivity index (χ2n) is 3.58. The summed E-state index contributed by atoms with van der Waals surface area (Å²) in [4.78, 5) is 12.8. The predicted octanol–water partition coefficient (Wildman–Crippen LogP) is 0.781. The lowest BCUT2D eigenvalue weighted by Crippen LogP contribution is -2.41. The molecule has 1 unspecified atom stereocenters. The fourth-order valence-electron chi connectivity index (χ4n) is 1.37. The van der Waals surface area contributed by atoms with Gasteiger partial charge in [0.15, 0.2) is 0 Å². The molecule has 4 heteroatoms. The van der Waals surface area contributed by atoms with E-state index in [4.69, 9.17) is 5.11 Å². The third-order valence-electron chi connectivity index (χ3n) is 2.36. The highest BCUT2D eigenvalue weighted by Crippen LogP contribution is 2.06. The quantitative estimate of drug-likeness (QED) is 0.611. The first-order chi connectivity index (χ1) is 6.63. The summed E-state index contributed by atoms with van der Waals surface area (Å²) in [5, 5.41) is 12.0. The van der Waals surface area contributed by atoms with Gasteiger partial charge in [-0.25, -0.2) is 0 Å². The summed E-state index contributed by atoms with van der Waals surface area (Å²) in [5.74, 6) is -0.711. The van der Waals surface area contributed by atoms with Gasteiger partial charge in [0.1, 0.15) is 6.04 Å². The lowest BCUT2D eigenvalue weighted by Gasteiger charge is -2.24. The molecule has 0 fully saturated rings. The maximum atomic E-state index is 10.9. The van der Waals surface area contributed by atoms with Gasteiger partial charge in [-0.3, -0.25) is 9.69 Å². The molecule has 0 aliphatic carbocycles. The molecule has 0 saturated heterocycles. The molecule has 0 bridgehead atoms. The molecular weight excluding hydrogens is 180 g/mol. The second-order valence-corrected chi connectivity index (χ2v) is 3.58. The molecule has 0 aromatic heterocycles. The number of carbonyl (C=O) groups is 1. The number of unbranched alkanes of at least 4 members (excludes halogenated alkanes) is 1. The lowest BCUT2D eigenvalue weighted by molar-refractivity contribution is -0.143. The van der Waals surface area contributed by atoms with Crippen LogP contribution in [-0.2, 0) is 4.79 Å². The zero-order valence-electron chi connectivity index (χ0n) is 9.42. The van der Waals surface area contributed by atoms with Gasteiger partial charge in [-0.1, -0.05) is 19.8 Å². The zero-order valence-corrected chi connectivity index (χ0v) is 9.42. The van der Waals surface area contributed by atoms with Crippen LogP contribution >= 0.6 is 0 Å². The van der Waals surface area contributed by atoms with Crippen LogP contribution in [0, 0.1) is 0 Å². The third kappa shape index (κ3) is 5.19. The van der Waals surface area contributed by atoms with E-state index in [0.29, 0.717) is 0 Å². The standard InChI is InChI=1S/C10H22N2O2/c1-4-5-6-9(10(13)14)12(3)8-7-11-2/h9,11H,4-8H2,1-3H3,(H,13,14). The molecule has 0 amide bonds. The van der Waals surface area contributed by atoms with E-state index in [9.17, 15) is 4.79 Å². The molecule has 2 N–H and O–H groups in total. The molecule has 0 rings (SSSR count). The van der Waals surface area contributed by atoms with Crippen molar-refractivity contribution in [3.8, 4) is 0 Å². The highest BCUT2D eigenvalue weighted by molar-refractivity contribution is 5.73. The molecule has 0 spiro atoms. The summed E-state index contributed by atoms with van der Waals surface area (Å²) in [5.41, 5.74) is 0. The predicted molar refractivity (Wildman–Crippen MR) is 57.5 cm³/mol. The summed E-state index contributed by atoms with van der Waals surface area (Å²) in [7, 11) is 3.74. The Hall–Kier alpha value is -0.610. The van der Waals surface area contributed by atoms with E-state index >= 15 is 0 Å². The molecule has 14 heavy (non-hydrogen) atoms.